The highest BCUT2D eigenvalue weighted by Gasteiger charge is 2.39. The molecule has 0 bridgehead atoms. The Kier molecular flexibility index (Phi) is 26.2. The lowest BCUT2D eigenvalue weighted by atomic mass is 9.81. The van der Waals surface area contributed by atoms with Crippen LogP contribution in [0.1, 0.15) is 70.5 Å². The van der Waals surface area contributed by atoms with Crippen LogP contribution in [0.2, 0.25) is 5.02 Å². The highest BCUT2D eigenvalue weighted by molar-refractivity contribution is 7.90. The number of hydrogen-bond acceptors (Lipinski definition) is 18. The van der Waals surface area contributed by atoms with Crippen molar-refractivity contribution in [2.24, 2.45) is 5.92 Å². The van der Waals surface area contributed by atoms with Gasteiger partial charge in [0.15, 0.2) is 27.2 Å². The monoisotopic (exact) mass is 1230 g/mol. The lowest BCUT2D eigenvalue weighted by Gasteiger charge is -2.31. The Labute approximate surface area is 465 Å². The molecule has 0 saturated heterocycles. The van der Waals surface area contributed by atoms with Gasteiger partial charge in [0.1, 0.15) is 28.9 Å². The van der Waals surface area contributed by atoms with Crippen molar-refractivity contribution >= 4 is 103 Å². The summed E-state index contributed by atoms with van der Waals surface area (Å²) in [6.07, 6.45) is -2.29. The summed E-state index contributed by atoms with van der Waals surface area (Å²) in [5.74, 6) is -6.55. The van der Waals surface area contributed by atoms with Crippen LogP contribution in [0, 0.1) is 33.1 Å². The van der Waals surface area contributed by atoms with Crippen LogP contribution in [-0.4, -0.2) is 128 Å². The van der Waals surface area contributed by atoms with Crippen LogP contribution in [0.25, 0.3) is 0 Å². The molecule has 80 heavy (non-hydrogen) atoms. The van der Waals surface area contributed by atoms with Crippen LogP contribution in [0.4, 0.5) is 30.2 Å². The SMILES string of the molecule is CCc1cccc(C)c1N(C(=O)CCl)C(C)COC.CS(=O)(=O)NC(=O)c1cc(Oc2ccc(C(F)(F)F)cc2Cl)ccc1[N+](=O)[O-].CS(=O)(=O)c1ccc(C(=O)C2C(=O)CCCC2=O)c([N+](=O)[O-])c1.O=C(O)CNCP(=O)(O)O. The van der Waals surface area contributed by atoms with Gasteiger partial charge < -0.3 is 29.3 Å². The number of para-hydroxylation sites is 1. The van der Waals surface area contributed by atoms with Gasteiger partial charge in [-0.2, -0.15) is 13.2 Å². The molecule has 0 spiro atoms. The van der Waals surface area contributed by atoms with Gasteiger partial charge >= 0.3 is 19.7 Å². The van der Waals surface area contributed by atoms with E-state index in [9.17, 15) is 83.6 Å². The third-order valence-electron chi connectivity index (χ3n) is 10.6. The van der Waals surface area contributed by atoms with Crippen molar-refractivity contribution in [2.75, 3.05) is 49.8 Å². The predicted octanol–water partition coefficient (Wildman–Crippen LogP) is 6.83. The molecule has 1 unspecified atom stereocenters. The maximum Gasteiger partial charge on any atom is 0.416 e. The van der Waals surface area contributed by atoms with Crippen LogP contribution in [0.5, 0.6) is 11.5 Å². The maximum atomic E-state index is 12.7. The predicted molar refractivity (Wildman–Crippen MR) is 282 cm³/mol. The van der Waals surface area contributed by atoms with Gasteiger partial charge in [-0.25, -0.2) is 21.6 Å². The normalized spacial score (nSPS) is 13.2. The standard InChI is InChI=1S/C15H10ClF3N2O6S.C15H22ClNO2.C14H13NO7S.C3H8NO5P/c1-28(25,26)20-14(22)10-7-9(3-4-12(10)21(23)24)27-13-5-2-8(6-11(13)16)15(17,18)19;1-5-13-8-6-7-11(2)15(13)17(14(18)9-16)12(3)10-19-4;1-23(21,22)8-5-6-9(10(7-8)15(19)20)14(18)13-11(16)3-2-4-12(13)17;5-3(6)1-4-2-10(7,8)9/h2-7H,1H3,(H,20,22);6-8,12H,5,9-10H2,1-4H3;5-7,13H,2-4H2,1H3;4H,1-2H2,(H,5,6)(H2,7,8,9). The number of aryl methyl sites for hydroxylation is 2. The number of ketones is 3. The van der Waals surface area contributed by atoms with Gasteiger partial charge in [0, 0.05) is 44.4 Å². The number of halogens is 5. The molecule has 0 aromatic heterocycles. The molecular weight excluding hydrogens is 1180 g/mol. The first kappa shape index (κ1) is 69.3. The van der Waals surface area contributed by atoms with Gasteiger partial charge in [0.05, 0.1) is 68.3 Å². The number of carbonyl (C=O) groups is 6. The molecule has 25 nitrogen and oxygen atoms in total. The average molecular weight is 1230 g/mol. The molecule has 1 aliphatic rings. The number of ether oxygens (including phenoxy) is 2. The Morgan fingerprint density at radius 3 is 1.99 bits per heavy atom. The number of carboxylic acids is 1. The Hall–Kier alpha value is -6.76. The van der Waals surface area contributed by atoms with E-state index >= 15 is 0 Å². The molecule has 1 aliphatic carbocycles. The summed E-state index contributed by atoms with van der Waals surface area (Å²) in [5.41, 5.74) is -0.299. The molecule has 438 valence electrons. The smallest absolute Gasteiger partial charge is 0.416 e. The molecule has 0 heterocycles. The highest BCUT2D eigenvalue weighted by atomic mass is 35.5. The number of alkyl halides is 4. The van der Waals surface area contributed by atoms with Crippen LogP contribution < -0.4 is 19.7 Å². The molecule has 5 rings (SSSR count). The summed E-state index contributed by atoms with van der Waals surface area (Å²) in [6, 6.07) is 13.9. The van der Waals surface area contributed by atoms with Gasteiger partial charge in [-0.05, 0) is 74.2 Å². The van der Waals surface area contributed by atoms with Gasteiger partial charge in [0.2, 0.25) is 15.9 Å². The van der Waals surface area contributed by atoms with E-state index in [4.69, 9.17) is 47.6 Å². The third-order valence-corrected chi connectivity index (χ3v) is 13.4. The summed E-state index contributed by atoms with van der Waals surface area (Å²) >= 11 is 11.5. The van der Waals surface area contributed by atoms with Crippen LogP contribution in [0.15, 0.2) is 77.7 Å². The number of Topliss-reactive ketones (excluding diaryl/α,β-unsaturated/α-hetero) is 3. The number of carbonyl (C=O) groups excluding carboxylic acids is 5. The van der Waals surface area contributed by atoms with E-state index in [0.717, 1.165) is 72.0 Å². The fourth-order valence-corrected chi connectivity index (χ4v) is 8.95. The topological polar surface area (TPSA) is 380 Å². The van der Waals surface area contributed by atoms with Crippen molar-refractivity contribution in [3.05, 3.63) is 126 Å². The number of nitrogens with one attached hydrogen (secondary N) is 2. The number of carboxylic acid groups (broad SMARTS) is 1. The number of nitrogens with zero attached hydrogens (tertiary/aromatic N) is 3. The van der Waals surface area contributed by atoms with E-state index in [1.165, 1.54) is 0 Å². The van der Waals surface area contributed by atoms with Crippen LogP contribution in [0.3, 0.4) is 0 Å². The van der Waals surface area contributed by atoms with Crippen LogP contribution >= 0.6 is 30.8 Å². The number of methoxy groups -OCH3 is 1. The quantitative estimate of drug-likeness (QED) is 0.0160. The number of anilines is 1. The first-order chi connectivity index (χ1) is 36.9. The van der Waals surface area contributed by atoms with E-state index in [0.29, 0.717) is 31.4 Å². The van der Waals surface area contributed by atoms with E-state index in [2.05, 4.69) is 18.3 Å². The summed E-state index contributed by atoms with van der Waals surface area (Å²) in [6.45, 7) is 6.12. The van der Waals surface area contributed by atoms with Crippen molar-refractivity contribution in [2.45, 2.75) is 63.6 Å². The van der Waals surface area contributed by atoms with Gasteiger partial charge in [0.25, 0.3) is 17.3 Å². The third kappa shape index (κ3) is 21.7. The Balaban J connectivity index is 0.000000383. The van der Waals surface area contributed by atoms with Crippen molar-refractivity contribution < 1.29 is 97.6 Å². The number of amides is 2. The van der Waals surface area contributed by atoms with Gasteiger partial charge in [-0.3, -0.25) is 58.9 Å². The Bertz CT molecular complexity index is 3260. The zero-order valence-electron chi connectivity index (χ0n) is 43.0. The second-order valence-electron chi connectivity index (χ2n) is 17.0. The van der Waals surface area contributed by atoms with Crippen molar-refractivity contribution in [3.8, 4) is 11.5 Å². The second kappa shape index (κ2) is 30.2. The summed E-state index contributed by atoms with van der Waals surface area (Å²) in [5, 5.41) is 31.9. The minimum absolute atomic E-state index is 0.0223. The number of nitro groups is 2. The molecule has 1 atom stereocenters. The fourth-order valence-electron chi connectivity index (χ4n) is 7.11. The summed E-state index contributed by atoms with van der Waals surface area (Å²) < 4.78 is 105. The number of nitro benzene ring substituents is 2. The number of rotatable bonds is 19. The largest absolute Gasteiger partial charge is 0.480 e. The minimum atomic E-state index is -4.62. The number of sulfonamides is 1. The molecule has 0 aliphatic heterocycles. The van der Waals surface area contributed by atoms with Crippen LogP contribution in [-0.2, 0) is 60.9 Å². The molecule has 0 radical (unpaired) electrons. The van der Waals surface area contributed by atoms with Gasteiger partial charge in [-0.15, -0.1) is 11.6 Å². The molecule has 1 saturated carbocycles. The van der Waals surface area contributed by atoms with E-state index in [1.54, 1.807) is 16.7 Å². The zero-order chi connectivity index (χ0) is 61.2. The van der Waals surface area contributed by atoms with E-state index in [-0.39, 0.29) is 47.1 Å². The molecule has 33 heteroatoms. The number of sulfone groups is 1. The van der Waals surface area contributed by atoms with Crippen molar-refractivity contribution in [3.63, 3.8) is 0 Å². The number of benzene rings is 4. The highest BCUT2D eigenvalue weighted by Crippen LogP contribution is 2.38. The number of hydrogen-bond donors (Lipinski definition) is 5. The molecule has 4 aromatic rings. The summed E-state index contributed by atoms with van der Waals surface area (Å²) in [4.78, 5) is 108. The average Bonchev–Trinajstić information content (AvgIpc) is 3.33. The molecule has 4 aromatic carbocycles. The van der Waals surface area contributed by atoms with Crippen molar-refractivity contribution in [1.82, 2.24) is 10.0 Å². The maximum absolute atomic E-state index is 12.7. The summed E-state index contributed by atoms with van der Waals surface area (Å²) in [7, 11) is -10.2. The van der Waals surface area contributed by atoms with Gasteiger partial charge in [-0.1, -0.05) is 36.7 Å². The molecular formula is C47H53Cl2F3N5O20PS2. The molecule has 2 amide bonds. The van der Waals surface area contributed by atoms with E-state index in [1.807, 2.05) is 26.0 Å². The first-order valence-corrected chi connectivity index (χ1v) is 29.2. The molecule has 1 fully saturated rings. The fraction of sp³-hybridized carbons (Fsp3) is 0.362. The zero-order valence-corrected chi connectivity index (χ0v) is 47.1. The Morgan fingerprint density at radius 2 is 1.51 bits per heavy atom. The molecule has 5 N–H and O–H groups in total. The minimum Gasteiger partial charge on any atom is -0.480 e. The lowest BCUT2D eigenvalue weighted by molar-refractivity contribution is -0.385. The second-order valence-corrected chi connectivity index (χ2v) is 23.0. The Morgan fingerprint density at radius 1 is 0.912 bits per heavy atom. The van der Waals surface area contributed by atoms with E-state index < -0.39 is 125 Å². The lowest BCUT2D eigenvalue weighted by Crippen LogP contribution is -2.43. The van der Waals surface area contributed by atoms with Crippen molar-refractivity contribution in [1.29, 1.82) is 0 Å². The number of aliphatic carboxylic acids is 1. The first-order valence-electron chi connectivity index (χ1n) is 22.7.